The molecule has 4 heteroatoms. The van der Waals surface area contributed by atoms with Gasteiger partial charge in [-0.05, 0) is 24.3 Å². The van der Waals surface area contributed by atoms with Gasteiger partial charge in [0, 0.05) is 44.1 Å². The number of nitrogens with zero attached hydrogens (tertiary/aromatic N) is 2. The molecule has 128 valence electrons. The van der Waals surface area contributed by atoms with Gasteiger partial charge in [-0.2, -0.15) is 0 Å². The summed E-state index contributed by atoms with van der Waals surface area (Å²) in [6.07, 6.45) is 1.65. The molecule has 0 N–H and O–H groups in total. The maximum atomic E-state index is 13.0. The number of hydrogen-bond acceptors (Lipinski definition) is 3. The number of Topliss-reactive ketones (excluding diaryl/α,β-unsaturated/α-hetero) is 1. The lowest BCUT2D eigenvalue weighted by molar-refractivity contribution is -0.143. The normalized spacial score (nSPS) is 23.8. The van der Waals surface area contributed by atoms with Gasteiger partial charge >= 0.3 is 0 Å². The Labute approximate surface area is 144 Å². The van der Waals surface area contributed by atoms with E-state index in [1.54, 1.807) is 10.0 Å². The minimum Gasteiger partial charge on any atom is -0.294 e. The number of hydrazine groups is 1. The third kappa shape index (κ3) is 2.91. The molecule has 1 aromatic rings. The van der Waals surface area contributed by atoms with Crippen molar-refractivity contribution < 1.29 is 9.59 Å². The van der Waals surface area contributed by atoms with Crippen molar-refractivity contribution in [1.82, 2.24) is 10.0 Å². The van der Waals surface area contributed by atoms with Gasteiger partial charge in [-0.15, -0.1) is 0 Å². The Morgan fingerprint density at radius 3 is 2.29 bits per heavy atom. The molecular weight excluding hydrogens is 300 g/mol. The van der Waals surface area contributed by atoms with E-state index < -0.39 is 0 Å². The predicted molar refractivity (Wildman–Crippen MR) is 94.1 cm³/mol. The van der Waals surface area contributed by atoms with E-state index in [0.717, 1.165) is 23.3 Å². The Bertz CT molecular complexity index is 714. The average Bonchev–Trinajstić information content (AvgIpc) is 2.44. The van der Waals surface area contributed by atoms with Gasteiger partial charge in [-0.1, -0.05) is 43.7 Å². The van der Waals surface area contributed by atoms with Crippen LogP contribution >= 0.6 is 0 Å². The van der Waals surface area contributed by atoms with Crippen molar-refractivity contribution >= 4 is 11.7 Å². The van der Waals surface area contributed by atoms with Crippen molar-refractivity contribution in [2.24, 2.45) is 5.41 Å². The minimum absolute atomic E-state index is 0.0647. The molecule has 3 rings (SSSR count). The first-order valence-corrected chi connectivity index (χ1v) is 8.52. The zero-order valence-electron chi connectivity index (χ0n) is 15.2. The zero-order chi connectivity index (χ0) is 17.6. The highest BCUT2D eigenvalue weighted by atomic mass is 16.2. The van der Waals surface area contributed by atoms with E-state index in [1.165, 1.54) is 5.56 Å². The molecule has 0 unspecified atom stereocenters. The number of carbonyl (C=O) groups excluding carboxylic acids is 2. The standard InChI is InChI=1S/C20H26N2O2/c1-13-6-8-14(9-7-13)15-10-18(24)22(21(4)5)16-11-20(2,3)12-17(23)19(15)16/h6-9,15H,10-12H2,1-5H3/t15-/m0/s1. The molecule has 0 bridgehead atoms. The van der Waals surface area contributed by atoms with Gasteiger partial charge in [-0.3, -0.25) is 9.59 Å². The Morgan fingerprint density at radius 1 is 1.08 bits per heavy atom. The number of rotatable bonds is 2. The first-order chi connectivity index (χ1) is 11.2. The van der Waals surface area contributed by atoms with Crippen LogP contribution in [0.5, 0.6) is 0 Å². The molecule has 0 aromatic heterocycles. The summed E-state index contributed by atoms with van der Waals surface area (Å²) in [5, 5.41) is 3.51. The molecule has 24 heavy (non-hydrogen) atoms. The molecule has 0 saturated heterocycles. The fourth-order valence-electron chi connectivity index (χ4n) is 3.95. The third-order valence-electron chi connectivity index (χ3n) is 5.00. The van der Waals surface area contributed by atoms with Crippen molar-refractivity contribution in [3.63, 3.8) is 0 Å². The van der Waals surface area contributed by atoms with Crippen LogP contribution in [-0.4, -0.2) is 35.8 Å². The molecule has 1 amide bonds. The Kier molecular flexibility index (Phi) is 4.12. The molecule has 0 spiro atoms. The predicted octanol–water partition coefficient (Wildman–Crippen LogP) is 3.43. The number of carbonyl (C=O) groups is 2. The maximum Gasteiger partial charge on any atom is 0.242 e. The molecule has 1 heterocycles. The molecule has 1 aliphatic heterocycles. The summed E-state index contributed by atoms with van der Waals surface area (Å²) in [5.41, 5.74) is 3.86. The van der Waals surface area contributed by atoms with Crippen LogP contribution < -0.4 is 0 Å². The highest BCUT2D eigenvalue weighted by Gasteiger charge is 2.44. The lowest BCUT2D eigenvalue weighted by Gasteiger charge is -2.44. The highest BCUT2D eigenvalue weighted by Crippen LogP contribution is 2.47. The summed E-state index contributed by atoms with van der Waals surface area (Å²) in [6, 6.07) is 8.21. The third-order valence-corrected chi connectivity index (χ3v) is 5.00. The fraction of sp³-hybridized carbons (Fsp3) is 0.500. The second-order valence-electron chi connectivity index (χ2n) is 8.02. The maximum absolute atomic E-state index is 13.0. The first-order valence-electron chi connectivity index (χ1n) is 8.52. The Hall–Kier alpha value is -1.94. The number of benzene rings is 1. The van der Waals surface area contributed by atoms with E-state index in [2.05, 4.69) is 38.1 Å². The van der Waals surface area contributed by atoms with Crippen LogP contribution in [0.4, 0.5) is 0 Å². The van der Waals surface area contributed by atoms with Gasteiger partial charge in [0.15, 0.2) is 5.78 Å². The van der Waals surface area contributed by atoms with Crippen molar-refractivity contribution in [1.29, 1.82) is 0 Å². The van der Waals surface area contributed by atoms with Crippen molar-refractivity contribution in [2.75, 3.05) is 14.1 Å². The molecule has 2 aliphatic rings. The monoisotopic (exact) mass is 326 g/mol. The van der Waals surface area contributed by atoms with Gasteiger partial charge < -0.3 is 0 Å². The summed E-state index contributed by atoms with van der Waals surface area (Å²) in [6.45, 7) is 6.24. The molecule has 1 aliphatic carbocycles. The number of ketones is 1. The van der Waals surface area contributed by atoms with Gasteiger partial charge in [-0.25, -0.2) is 10.0 Å². The van der Waals surface area contributed by atoms with Crippen LogP contribution in [0, 0.1) is 12.3 Å². The van der Waals surface area contributed by atoms with Crippen LogP contribution in [0.1, 0.15) is 50.2 Å². The average molecular weight is 326 g/mol. The smallest absolute Gasteiger partial charge is 0.242 e. The SMILES string of the molecule is Cc1ccc([C@@H]2CC(=O)N(N(C)C)C3=C2C(=O)CC(C)(C)C3)cc1. The van der Waals surface area contributed by atoms with Gasteiger partial charge in [0.2, 0.25) is 5.91 Å². The molecule has 0 saturated carbocycles. The molecular formula is C20H26N2O2. The van der Waals surface area contributed by atoms with Crippen LogP contribution in [0.3, 0.4) is 0 Å². The number of hydrogen-bond donors (Lipinski definition) is 0. The summed E-state index contributed by atoms with van der Waals surface area (Å²) < 4.78 is 0. The van der Waals surface area contributed by atoms with E-state index in [0.29, 0.717) is 12.8 Å². The number of amides is 1. The van der Waals surface area contributed by atoms with E-state index in [1.807, 2.05) is 21.0 Å². The lowest BCUT2D eigenvalue weighted by atomic mass is 9.69. The van der Waals surface area contributed by atoms with E-state index >= 15 is 0 Å². The highest BCUT2D eigenvalue weighted by molar-refractivity contribution is 6.01. The molecule has 4 nitrogen and oxygen atoms in total. The van der Waals surface area contributed by atoms with E-state index in [9.17, 15) is 9.59 Å². The quantitative estimate of drug-likeness (QED) is 0.836. The minimum atomic E-state index is -0.118. The second-order valence-corrected chi connectivity index (χ2v) is 8.02. The second kappa shape index (κ2) is 5.85. The van der Waals surface area contributed by atoms with Crippen molar-refractivity contribution in [3.8, 4) is 0 Å². The summed E-state index contributed by atoms with van der Waals surface area (Å²) >= 11 is 0. The summed E-state index contributed by atoms with van der Waals surface area (Å²) in [4.78, 5) is 25.8. The van der Waals surface area contributed by atoms with Crippen LogP contribution in [0.25, 0.3) is 0 Å². The first kappa shape index (κ1) is 16.9. The van der Waals surface area contributed by atoms with Crippen molar-refractivity contribution in [3.05, 3.63) is 46.7 Å². The lowest BCUT2D eigenvalue weighted by Crippen LogP contribution is -2.49. The van der Waals surface area contributed by atoms with Crippen LogP contribution in [-0.2, 0) is 9.59 Å². The summed E-state index contributed by atoms with van der Waals surface area (Å²) in [5.74, 6) is 0.133. The van der Waals surface area contributed by atoms with Gasteiger partial charge in [0.05, 0.1) is 0 Å². The summed E-state index contributed by atoms with van der Waals surface area (Å²) in [7, 11) is 3.72. The van der Waals surface area contributed by atoms with Crippen LogP contribution in [0.2, 0.25) is 0 Å². The van der Waals surface area contributed by atoms with Crippen LogP contribution in [0.15, 0.2) is 35.5 Å². The molecule has 1 aromatic carbocycles. The fourth-order valence-corrected chi connectivity index (χ4v) is 3.95. The molecule has 0 fully saturated rings. The van der Waals surface area contributed by atoms with Gasteiger partial charge in [0.1, 0.15) is 0 Å². The number of allylic oxidation sites excluding steroid dienone is 2. The molecule has 1 atom stereocenters. The zero-order valence-corrected chi connectivity index (χ0v) is 15.2. The van der Waals surface area contributed by atoms with E-state index in [4.69, 9.17) is 0 Å². The van der Waals surface area contributed by atoms with Gasteiger partial charge in [0.25, 0.3) is 0 Å². The topological polar surface area (TPSA) is 40.6 Å². The largest absolute Gasteiger partial charge is 0.294 e. The van der Waals surface area contributed by atoms with Crippen molar-refractivity contribution in [2.45, 2.75) is 46.0 Å². The number of aryl methyl sites for hydroxylation is 1. The Balaban J connectivity index is 2.15. The molecule has 0 radical (unpaired) electrons. The van der Waals surface area contributed by atoms with E-state index in [-0.39, 0.29) is 23.0 Å². The Morgan fingerprint density at radius 2 is 1.71 bits per heavy atom.